The van der Waals surface area contributed by atoms with Gasteiger partial charge in [-0.15, -0.1) is 0 Å². The van der Waals surface area contributed by atoms with Crippen molar-refractivity contribution in [3.63, 3.8) is 0 Å². The molecule has 1 fully saturated rings. The molecule has 0 aromatic carbocycles. The molecule has 2 heteroatoms. The highest BCUT2D eigenvalue weighted by Gasteiger charge is 2.07. The van der Waals surface area contributed by atoms with Crippen molar-refractivity contribution in [3.05, 3.63) is 0 Å². The molecule has 0 atom stereocenters. The largest absolute Gasteiger partial charge is 0.151 e. The smallest absolute Gasteiger partial charge is 0.0235 e. The van der Waals surface area contributed by atoms with Crippen molar-refractivity contribution in [3.8, 4) is 0 Å². The quantitative estimate of drug-likeness (QED) is 0.367. The molecule has 0 saturated carbocycles. The molecule has 0 aromatic heterocycles. The van der Waals surface area contributed by atoms with Crippen LogP contribution in [0.4, 0.5) is 0 Å². The summed E-state index contributed by atoms with van der Waals surface area (Å²) in [5, 5.41) is 0. The van der Waals surface area contributed by atoms with Crippen LogP contribution in [0.3, 0.4) is 0 Å². The zero-order valence-electron chi connectivity index (χ0n) is 3.72. The Hall–Kier alpha value is 0.780. The minimum Gasteiger partial charge on any atom is -0.151 e. The molecule has 0 spiro atoms. The molecule has 36 valence electrons. The second-order valence-electron chi connectivity index (χ2n) is 1.66. The second-order valence-corrected chi connectivity index (χ2v) is 5.27. The monoisotopic (exact) mass is 120 g/mol. The lowest BCUT2D eigenvalue weighted by Crippen LogP contribution is -1.58. The van der Waals surface area contributed by atoms with Crippen LogP contribution in [-0.2, 0) is 0 Å². The molecule has 1 heterocycles. The van der Waals surface area contributed by atoms with E-state index in [2.05, 4.69) is 12.2 Å². The van der Waals surface area contributed by atoms with Gasteiger partial charge in [-0.25, -0.2) is 0 Å². The number of hydrogen-bond acceptors (Lipinski definition) is 1. The maximum atomic E-state index is 4.36. The summed E-state index contributed by atoms with van der Waals surface area (Å²) < 4.78 is 0. The summed E-state index contributed by atoms with van der Waals surface area (Å²) in [7, 11) is 0.229. The van der Waals surface area contributed by atoms with Gasteiger partial charge in [-0.05, 0) is 25.2 Å². The van der Waals surface area contributed by atoms with Crippen LogP contribution in [0.15, 0.2) is 0 Å². The minimum absolute atomic E-state index is 0.229. The van der Waals surface area contributed by atoms with Crippen molar-refractivity contribution in [2.24, 2.45) is 0 Å². The fraction of sp³-hybridized carbons (Fsp3) is 1.00. The predicted molar refractivity (Wildman–Crippen MR) is 34.9 cm³/mol. The summed E-state index contributed by atoms with van der Waals surface area (Å²) in [6.45, 7) is 0. The average Bonchev–Trinajstić information content (AvgIpc) is 1.86. The van der Waals surface area contributed by atoms with E-state index >= 15 is 0 Å². The van der Waals surface area contributed by atoms with Gasteiger partial charge in [0.1, 0.15) is 0 Å². The Kier molecular flexibility index (Phi) is 1.79. The molecule has 6 heavy (non-hydrogen) atoms. The van der Waals surface area contributed by atoms with Crippen LogP contribution in [-0.4, -0.2) is 12.3 Å². The fourth-order valence-electron chi connectivity index (χ4n) is 0.700. The lowest BCUT2D eigenvalue weighted by atomic mass is 10.4. The van der Waals surface area contributed by atoms with Crippen molar-refractivity contribution in [1.82, 2.24) is 0 Å². The summed E-state index contributed by atoms with van der Waals surface area (Å²) in [6.07, 6.45) is 5.71. The molecule has 0 bridgehead atoms. The van der Waals surface area contributed by atoms with Crippen molar-refractivity contribution in [2.45, 2.75) is 12.8 Å². The molecule has 0 aromatic rings. The second kappa shape index (κ2) is 2.18. The first-order valence-electron chi connectivity index (χ1n) is 2.33. The van der Waals surface area contributed by atoms with E-state index < -0.39 is 0 Å². The lowest BCUT2D eigenvalue weighted by Gasteiger charge is -1.91. The molecule has 1 rings (SSSR count). The highest BCUT2D eigenvalue weighted by Crippen LogP contribution is 2.46. The zero-order chi connectivity index (χ0) is 4.41. The van der Waals surface area contributed by atoms with Gasteiger partial charge in [0.25, 0.3) is 0 Å². The minimum atomic E-state index is 0.229. The third-order valence-corrected chi connectivity index (χ3v) is 3.95. The molecular formula is C4H9PS. The average molecular weight is 120 g/mol. The molecule has 0 unspecified atom stereocenters. The summed E-state index contributed by atoms with van der Waals surface area (Å²) in [6, 6.07) is 0. The Balaban J connectivity index is 2.18. The fourth-order valence-corrected chi connectivity index (χ4v) is 2.95. The SMILES string of the molecule is SP1CCCC1. The molecule has 0 amide bonds. The third-order valence-electron chi connectivity index (χ3n) is 1.08. The molecule has 0 aliphatic carbocycles. The Morgan fingerprint density at radius 3 is 1.83 bits per heavy atom. The number of rotatable bonds is 0. The summed E-state index contributed by atoms with van der Waals surface area (Å²) >= 11 is 4.36. The topological polar surface area (TPSA) is 0 Å². The van der Waals surface area contributed by atoms with Gasteiger partial charge in [0.05, 0.1) is 0 Å². The molecule has 1 saturated heterocycles. The van der Waals surface area contributed by atoms with Crippen LogP contribution in [0.5, 0.6) is 0 Å². The summed E-state index contributed by atoms with van der Waals surface area (Å²) in [4.78, 5) is 0. The highest BCUT2D eigenvalue weighted by atomic mass is 32.7. The van der Waals surface area contributed by atoms with Gasteiger partial charge in [-0.3, -0.25) is 0 Å². The van der Waals surface area contributed by atoms with E-state index in [-0.39, 0.29) is 7.12 Å². The van der Waals surface area contributed by atoms with Crippen LogP contribution in [0.2, 0.25) is 0 Å². The molecule has 0 radical (unpaired) electrons. The van der Waals surface area contributed by atoms with Crippen LogP contribution in [0, 0.1) is 0 Å². The van der Waals surface area contributed by atoms with Gasteiger partial charge in [0.15, 0.2) is 0 Å². The molecule has 0 nitrogen and oxygen atoms in total. The van der Waals surface area contributed by atoms with E-state index in [1.807, 2.05) is 0 Å². The van der Waals surface area contributed by atoms with Crippen LogP contribution >= 0.6 is 19.4 Å². The Morgan fingerprint density at radius 2 is 1.67 bits per heavy atom. The number of hydrogen-bond donors (Lipinski definition) is 1. The van der Waals surface area contributed by atoms with E-state index in [1.165, 1.54) is 25.2 Å². The highest BCUT2D eigenvalue weighted by molar-refractivity contribution is 8.45. The van der Waals surface area contributed by atoms with Crippen LogP contribution < -0.4 is 0 Å². The van der Waals surface area contributed by atoms with E-state index in [0.717, 1.165) is 0 Å². The maximum absolute atomic E-state index is 4.36. The Bertz CT molecular complexity index is 40.8. The van der Waals surface area contributed by atoms with E-state index in [1.54, 1.807) is 0 Å². The summed E-state index contributed by atoms with van der Waals surface area (Å²) in [5.74, 6) is 0. The predicted octanol–water partition coefficient (Wildman–Crippen LogP) is 2.11. The van der Waals surface area contributed by atoms with Gasteiger partial charge < -0.3 is 0 Å². The lowest BCUT2D eigenvalue weighted by molar-refractivity contribution is 0.949. The zero-order valence-corrected chi connectivity index (χ0v) is 5.51. The first kappa shape index (κ1) is 4.93. The molecule has 1 aliphatic heterocycles. The van der Waals surface area contributed by atoms with E-state index in [9.17, 15) is 0 Å². The Morgan fingerprint density at radius 1 is 1.17 bits per heavy atom. The van der Waals surface area contributed by atoms with Crippen molar-refractivity contribution >= 4 is 19.4 Å². The number of thiol groups is 1. The van der Waals surface area contributed by atoms with Crippen molar-refractivity contribution in [1.29, 1.82) is 0 Å². The first-order valence-corrected chi connectivity index (χ1v) is 5.20. The summed E-state index contributed by atoms with van der Waals surface area (Å²) in [5.41, 5.74) is 0. The third kappa shape index (κ3) is 1.13. The Labute approximate surface area is 45.2 Å². The van der Waals surface area contributed by atoms with Crippen LogP contribution in [0.25, 0.3) is 0 Å². The van der Waals surface area contributed by atoms with Gasteiger partial charge in [0.2, 0.25) is 0 Å². The van der Waals surface area contributed by atoms with Gasteiger partial charge >= 0.3 is 0 Å². The van der Waals surface area contributed by atoms with E-state index in [0.29, 0.717) is 0 Å². The van der Waals surface area contributed by atoms with Gasteiger partial charge in [0, 0.05) is 0 Å². The molecular weight excluding hydrogens is 111 g/mol. The normalized spacial score (nSPS) is 25.5. The van der Waals surface area contributed by atoms with Crippen molar-refractivity contribution < 1.29 is 0 Å². The van der Waals surface area contributed by atoms with Crippen LogP contribution in [0.1, 0.15) is 12.8 Å². The first-order chi connectivity index (χ1) is 2.89. The molecule has 1 aliphatic rings. The molecule has 0 N–H and O–H groups in total. The van der Waals surface area contributed by atoms with Gasteiger partial charge in [-0.1, -0.05) is 7.12 Å². The van der Waals surface area contributed by atoms with Gasteiger partial charge in [-0.2, -0.15) is 12.2 Å². The maximum Gasteiger partial charge on any atom is -0.0235 e. The van der Waals surface area contributed by atoms with Crippen molar-refractivity contribution in [2.75, 3.05) is 12.3 Å². The standard InChI is InChI=1S/C4H9PS/c6-5-3-1-2-4-5/h6H,1-4H2. The van der Waals surface area contributed by atoms with E-state index in [4.69, 9.17) is 0 Å².